The highest BCUT2D eigenvalue weighted by molar-refractivity contribution is 7.89. The summed E-state index contributed by atoms with van der Waals surface area (Å²) in [4.78, 5) is 30.2. The van der Waals surface area contributed by atoms with Gasteiger partial charge in [0.05, 0.1) is 12.8 Å². The zero-order valence-electron chi connectivity index (χ0n) is 12.3. The molecule has 0 saturated carbocycles. The van der Waals surface area contributed by atoms with Gasteiger partial charge in [0.1, 0.15) is 5.69 Å². The Hall–Kier alpha value is -2.72. The lowest BCUT2D eigenvalue weighted by molar-refractivity contribution is 0.0596. The number of pyridine rings is 1. The van der Waals surface area contributed by atoms with Crippen LogP contribution in [-0.2, 0) is 14.8 Å². The van der Waals surface area contributed by atoms with Crippen molar-refractivity contribution in [1.29, 1.82) is 0 Å². The van der Waals surface area contributed by atoms with E-state index in [0.29, 0.717) is 5.69 Å². The van der Waals surface area contributed by atoms with Crippen molar-refractivity contribution in [2.45, 2.75) is 11.9 Å². The second-order valence-electron chi connectivity index (χ2n) is 4.61. The highest BCUT2D eigenvalue weighted by Crippen LogP contribution is 2.19. The van der Waals surface area contributed by atoms with Crippen LogP contribution in [0.5, 0.6) is 0 Å². The van der Waals surface area contributed by atoms with Crippen molar-refractivity contribution >= 4 is 27.6 Å². The molecule has 0 aliphatic rings. The van der Waals surface area contributed by atoms with Crippen LogP contribution in [0.2, 0.25) is 0 Å². The SMILES string of the molecule is COC(=O)c1[nH]c(C)cc1NC(=O)c1ccnc(S(N)(=O)=O)c1. The minimum atomic E-state index is -4.02. The third kappa shape index (κ3) is 3.73. The summed E-state index contributed by atoms with van der Waals surface area (Å²) in [6.45, 7) is 1.70. The Balaban J connectivity index is 2.32. The number of amides is 1. The predicted octanol–water partition coefficient (Wildman–Crippen LogP) is 0.404. The molecule has 0 fully saturated rings. The summed E-state index contributed by atoms with van der Waals surface area (Å²) in [5.74, 6) is -1.27. The number of primary sulfonamides is 1. The number of ether oxygens (including phenoxy) is 1. The smallest absolute Gasteiger partial charge is 0.356 e. The summed E-state index contributed by atoms with van der Waals surface area (Å²) in [5.41, 5.74) is 0.965. The lowest BCUT2D eigenvalue weighted by Gasteiger charge is -2.06. The minimum Gasteiger partial charge on any atom is -0.464 e. The lowest BCUT2D eigenvalue weighted by Crippen LogP contribution is -2.18. The third-order valence-corrected chi connectivity index (χ3v) is 3.68. The first kappa shape index (κ1) is 16.6. The molecule has 23 heavy (non-hydrogen) atoms. The van der Waals surface area contributed by atoms with Crippen LogP contribution in [0.4, 0.5) is 5.69 Å². The third-order valence-electron chi connectivity index (χ3n) is 2.88. The number of nitrogens with one attached hydrogen (secondary N) is 2. The molecule has 0 bridgehead atoms. The summed E-state index contributed by atoms with van der Waals surface area (Å²) in [5, 5.41) is 7.06. The van der Waals surface area contributed by atoms with Gasteiger partial charge in [-0.2, -0.15) is 0 Å². The Bertz CT molecular complexity index is 872. The Kier molecular flexibility index (Phi) is 4.48. The number of hydrogen-bond acceptors (Lipinski definition) is 6. The summed E-state index contributed by atoms with van der Waals surface area (Å²) in [6, 6.07) is 3.91. The lowest BCUT2D eigenvalue weighted by atomic mass is 10.2. The van der Waals surface area contributed by atoms with Crippen molar-refractivity contribution in [3.63, 3.8) is 0 Å². The van der Waals surface area contributed by atoms with Gasteiger partial charge in [-0.1, -0.05) is 0 Å². The van der Waals surface area contributed by atoms with Gasteiger partial charge in [0.15, 0.2) is 5.03 Å². The topological polar surface area (TPSA) is 144 Å². The number of hydrogen-bond donors (Lipinski definition) is 3. The number of H-pyrrole nitrogens is 1. The number of anilines is 1. The van der Waals surface area contributed by atoms with Crippen LogP contribution in [0.25, 0.3) is 0 Å². The first-order chi connectivity index (χ1) is 10.7. The maximum absolute atomic E-state index is 12.2. The summed E-state index contributed by atoms with van der Waals surface area (Å²) >= 11 is 0. The van der Waals surface area contributed by atoms with E-state index in [-0.39, 0.29) is 16.9 Å². The zero-order chi connectivity index (χ0) is 17.2. The van der Waals surface area contributed by atoms with Crippen LogP contribution < -0.4 is 10.5 Å². The van der Waals surface area contributed by atoms with Crippen LogP contribution >= 0.6 is 0 Å². The molecule has 2 heterocycles. The average molecular weight is 338 g/mol. The van der Waals surface area contributed by atoms with Crippen LogP contribution in [0.3, 0.4) is 0 Å². The van der Waals surface area contributed by atoms with E-state index in [1.54, 1.807) is 13.0 Å². The highest BCUT2D eigenvalue weighted by atomic mass is 32.2. The average Bonchev–Trinajstić information content (AvgIpc) is 2.86. The number of aromatic nitrogens is 2. The monoisotopic (exact) mass is 338 g/mol. The first-order valence-electron chi connectivity index (χ1n) is 6.30. The summed E-state index contributed by atoms with van der Waals surface area (Å²) in [6.07, 6.45) is 1.15. The molecule has 0 aromatic carbocycles. The van der Waals surface area contributed by atoms with E-state index in [1.807, 2.05) is 0 Å². The van der Waals surface area contributed by atoms with Crippen molar-refractivity contribution < 1.29 is 22.7 Å². The van der Waals surface area contributed by atoms with Crippen LogP contribution in [-0.4, -0.2) is 37.4 Å². The highest BCUT2D eigenvalue weighted by Gasteiger charge is 2.19. The fraction of sp³-hybridized carbons (Fsp3) is 0.154. The molecule has 2 rings (SSSR count). The Morgan fingerprint density at radius 3 is 2.65 bits per heavy atom. The van der Waals surface area contributed by atoms with Crippen molar-refractivity contribution in [1.82, 2.24) is 9.97 Å². The van der Waals surface area contributed by atoms with Crippen LogP contribution in [0.15, 0.2) is 29.4 Å². The van der Waals surface area contributed by atoms with Gasteiger partial charge in [0.2, 0.25) is 0 Å². The molecular formula is C13H14N4O5S. The molecule has 0 spiro atoms. The molecule has 0 aliphatic heterocycles. The molecule has 4 N–H and O–H groups in total. The molecule has 0 radical (unpaired) electrons. The molecule has 0 saturated heterocycles. The summed E-state index contributed by atoms with van der Waals surface area (Å²) in [7, 11) is -2.81. The van der Waals surface area contributed by atoms with Crippen molar-refractivity contribution in [3.8, 4) is 0 Å². The fourth-order valence-corrected chi connectivity index (χ4v) is 2.35. The summed E-state index contributed by atoms with van der Waals surface area (Å²) < 4.78 is 27.2. The number of nitrogens with zero attached hydrogens (tertiary/aromatic N) is 1. The van der Waals surface area contributed by atoms with E-state index >= 15 is 0 Å². The number of esters is 1. The number of aromatic amines is 1. The fourth-order valence-electron chi connectivity index (χ4n) is 1.85. The van der Waals surface area contributed by atoms with Crippen molar-refractivity contribution in [2.24, 2.45) is 5.14 Å². The molecule has 2 aromatic heterocycles. The second kappa shape index (κ2) is 6.18. The van der Waals surface area contributed by atoms with Gasteiger partial charge in [-0.05, 0) is 25.1 Å². The molecule has 0 atom stereocenters. The first-order valence-corrected chi connectivity index (χ1v) is 7.85. The maximum atomic E-state index is 12.2. The molecule has 0 aliphatic carbocycles. The van der Waals surface area contributed by atoms with Gasteiger partial charge in [-0.3, -0.25) is 4.79 Å². The molecule has 122 valence electrons. The van der Waals surface area contributed by atoms with E-state index in [1.165, 1.54) is 13.2 Å². The predicted molar refractivity (Wildman–Crippen MR) is 80.4 cm³/mol. The Morgan fingerprint density at radius 2 is 2.04 bits per heavy atom. The van der Waals surface area contributed by atoms with Gasteiger partial charge in [-0.25, -0.2) is 23.3 Å². The van der Waals surface area contributed by atoms with Gasteiger partial charge >= 0.3 is 5.97 Å². The number of carbonyl (C=O) groups excluding carboxylic acids is 2. The molecular weight excluding hydrogens is 324 g/mol. The number of carbonyl (C=O) groups is 2. The number of methoxy groups -OCH3 is 1. The van der Waals surface area contributed by atoms with Gasteiger partial charge < -0.3 is 15.0 Å². The Morgan fingerprint density at radius 1 is 1.35 bits per heavy atom. The van der Waals surface area contributed by atoms with Gasteiger partial charge in [0, 0.05) is 17.5 Å². The number of rotatable bonds is 4. The molecule has 0 unspecified atom stereocenters. The van der Waals surface area contributed by atoms with E-state index in [2.05, 4.69) is 20.0 Å². The molecule has 10 heteroatoms. The normalized spacial score (nSPS) is 11.1. The molecule has 1 amide bonds. The molecule has 9 nitrogen and oxygen atoms in total. The molecule has 2 aromatic rings. The van der Waals surface area contributed by atoms with Gasteiger partial charge in [0.25, 0.3) is 15.9 Å². The number of sulfonamides is 1. The van der Waals surface area contributed by atoms with Gasteiger partial charge in [-0.15, -0.1) is 0 Å². The van der Waals surface area contributed by atoms with E-state index in [9.17, 15) is 18.0 Å². The Labute approximate surface area is 131 Å². The standard InChI is InChI=1S/C13H14N4O5S/c1-7-5-9(11(16-7)13(19)22-2)17-12(18)8-3-4-15-10(6-8)23(14,20)21/h3-6,16H,1-2H3,(H,17,18)(H2,14,20,21). The quantitative estimate of drug-likeness (QED) is 0.688. The maximum Gasteiger partial charge on any atom is 0.356 e. The minimum absolute atomic E-state index is 0.0266. The number of aryl methyl sites for hydroxylation is 1. The largest absolute Gasteiger partial charge is 0.464 e. The number of nitrogens with two attached hydrogens (primary N) is 1. The van der Waals surface area contributed by atoms with Crippen LogP contribution in [0.1, 0.15) is 26.5 Å². The van der Waals surface area contributed by atoms with E-state index < -0.39 is 26.9 Å². The van der Waals surface area contributed by atoms with Crippen molar-refractivity contribution in [2.75, 3.05) is 12.4 Å². The van der Waals surface area contributed by atoms with Crippen LogP contribution in [0, 0.1) is 6.92 Å². The zero-order valence-corrected chi connectivity index (χ0v) is 13.1. The van der Waals surface area contributed by atoms with E-state index in [0.717, 1.165) is 12.3 Å². The van der Waals surface area contributed by atoms with E-state index in [4.69, 9.17) is 5.14 Å². The van der Waals surface area contributed by atoms with Crippen molar-refractivity contribution in [3.05, 3.63) is 41.3 Å². The second-order valence-corrected chi connectivity index (χ2v) is 6.12.